The van der Waals surface area contributed by atoms with Crippen LogP contribution in [0.25, 0.3) is 0 Å². The Kier molecular flexibility index (Phi) is 5.01. The maximum Gasteiger partial charge on any atom is 0.267 e. The summed E-state index contributed by atoms with van der Waals surface area (Å²) < 4.78 is 0. The number of hydroxylamine groups is 1. The molecule has 0 saturated carbocycles. The fourth-order valence-electron chi connectivity index (χ4n) is 5.34. The molecule has 170 valence electrons. The SMILES string of the molecule is Cc1ccc(C2C3C(=O)N(c4sc5c(c4C#N)CCCC5)C(=O)C3ON2c2ccccc2)cc1. The highest BCUT2D eigenvalue weighted by Crippen LogP contribution is 2.50. The second-order valence-corrected chi connectivity index (χ2v) is 10.2. The number of nitrogens with zero attached hydrogens (tertiary/aromatic N) is 3. The van der Waals surface area contributed by atoms with Crippen LogP contribution in [0.1, 0.15) is 46.0 Å². The molecule has 2 fully saturated rings. The molecular formula is C27H23N3O3S. The molecule has 3 heterocycles. The zero-order valence-corrected chi connectivity index (χ0v) is 19.5. The third-order valence-corrected chi connectivity index (χ3v) is 8.29. The minimum absolute atomic E-state index is 0.297. The number of benzene rings is 2. The van der Waals surface area contributed by atoms with Crippen molar-refractivity contribution in [2.75, 3.05) is 9.96 Å². The van der Waals surface area contributed by atoms with E-state index in [9.17, 15) is 14.9 Å². The van der Waals surface area contributed by atoms with Crippen LogP contribution in [0.5, 0.6) is 0 Å². The van der Waals surface area contributed by atoms with Crippen molar-refractivity contribution in [3.05, 3.63) is 81.7 Å². The van der Waals surface area contributed by atoms with Gasteiger partial charge in [-0.05, 0) is 55.9 Å². The summed E-state index contributed by atoms with van der Waals surface area (Å²) in [6.07, 6.45) is 2.87. The van der Waals surface area contributed by atoms with Gasteiger partial charge >= 0.3 is 0 Å². The molecule has 3 atom stereocenters. The fraction of sp³-hybridized carbons (Fsp3) is 0.296. The van der Waals surface area contributed by atoms with Crippen molar-refractivity contribution in [1.82, 2.24) is 0 Å². The molecule has 3 unspecified atom stereocenters. The quantitative estimate of drug-likeness (QED) is 0.512. The summed E-state index contributed by atoms with van der Waals surface area (Å²) in [5.74, 6) is -1.38. The molecule has 1 aromatic heterocycles. The molecule has 0 bridgehead atoms. The molecule has 6 nitrogen and oxygen atoms in total. The Morgan fingerprint density at radius 1 is 1.00 bits per heavy atom. The molecule has 3 aromatic rings. The number of rotatable bonds is 3. The number of fused-ring (bicyclic) bond motifs is 2. The Hall–Kier alpha value is -3.47. The van der Waals surface area contributed by atoms with Gasteiger partial charge in [-0.15, -0.1) is 11.3 Å². The minimum atomic E-state index is -0.926. The first-order chi connectivity index (χ1) is 16.6. The summed E-state index contributed by atoms with van der Waals surface area (Å²) in [7, 11) is 0. The maximum absolute atomic E-state index is 13.9. The number of nitriles is 1. The van der Waals surface area contributed by atoms with Crippen LogP contribution in [-0.4, -0.2) is 17.9 Å². The average Bonchev–Trinajstić information content (AvgIpc) is 3.50. The van der Waals surface area contributed by atoms with E-state index >= 15 is 0 Å². The molecule has 2 saturated heterocycles. The Balaban J connectivity index is 1.44. The van der Waals surface area contributed by atoms with Crippen LogP contribution in [0.4, 0.5) is 10.7 Å². The first-order valence-electron chi connectivity index (χ1n) is 11.6. The molecule has 0 radical (unpaired) electrons. The summed E-state index contributed by atoms with van der Waals surface area (Å²) >= 11 is 1.42. The lowest BCUT2D eigenvalue weighted by molar-refractivity contribution is -0.126. The topological polar surface area (TPSA) is 73.6 Å². The number of amides is 2. The van der Waals surface area contributed by atoms with Crippen molar-refractivity contribution in [3.8, 4) is 6.07 Å². The second kappa shape index (κ2) is 8.08. The first-order valence-corrected chi connectivity index (χ1v) is 12.4. The molecule has 2 amide bonds. The van der Waals surface area contributed by atoms with Crippen LogP contribution in [0.3, 0.4) is 0 Å². The van der Waals surface area contributed by atoms with Crippen molar-refractivity contribution >= 4 is 33.8 Å². The van der Waals surface area contributed by atoms with Gasteiger partial charge in [-0.2, -0.15) is 5.26 Å². The molecule has 3 aliphatic rings. The van der Waals surface area contributed by atoms with Gasteiger partial charge in [0.2, 0.25) is 5.91 Å². The number of hydrogen-bond acceptors (Lipinski definition) is 6. The van der Waals surface area contributed by atoms with Crippen molar-refractivity contribution in [1.29, 1.82) is 5.26 Å². The molecule has 2 aromatic carbocycles. The van der Waals surface area contributed by atoms with E-state index < -0.39 is 18.1 Å². The number of para-hydroxylation sites is 1. The van der Waals surface area contributed by atoms with Gasteiger partial charge in [-0.25, -0.2) is 9.96 Å². The monoisotopic (exact) mass is 469 g/mol. The lowest BCUT2D eigenvalue weighted by Gasteiger charge is -2.28. The molecule has 0 spiro atoms. The molecule has 0 N–H and O–H groups in total. The van der Waals surface area contributed by atoms with Crippen molar-refractivity contribution < 1.29 is 14.4 Å². The van der Waals surface area contributed by atoms with Crippen LogP contribution in [0, 0.1) is 24.2 Å². The van der Waals surface area contributed by atoms with Crippen LogP contribution in [-0.2, 0) is 27.3 Å². The highest BCUT2D eigenvalue weighted by Gasteiger charge is 2.61. The summed E-state index contributed by atoms with van der Waals surface area (Å²) in [5.41, 5.74) is 4.31. The molecular weight excluding hydrogens is 446 g/mol. The molecule has 6 rings (SSSR count). The van der Waals surface area contributed by atoms with Gasteiger partial charge in [0.1, 0.15) is 17.0 Å². The second-order valence-electron chi connectivity index (χ2n) is 9.08. The van der Waals surface area contributed by atoms with Crippen molar-refractivity contribution in [2.45, 2.75) is 44.8 Å². The first kappa shape index (κ1) is 21.1. The van der Waals surface area contributed by atoms with Gasteiger partial charge in [-0.1, -0.05) is 48.0 Å². The summed E-state index contributed by atoms with van der Waals surface area (Å²) in [6, 6.07) is 19.4. The Morgan fingerprint density at radius 2 is 1.74 bits per heavy atom. The molecule has 2 aliphatic heterocycles. The van der Waals surface area contributed by atoms with Crippen LogP contribution in [0.15, 0.2) is 54.6 Å². The molecule has 34 heavy (non-hydrogen) atoms. The predicted molar refractivity (Wildman–Crippen MR) is 129 cm³/mol. The number of hydrogen-bond donors (Lipinski definition) is 0. The maximum atomic E-state index is 13.9. The largest absolute Gasteiger partial charge is 0.273 e. The predicted octanol–water partition coefficient (Wildman–Crippen LogP) is 4.86. The lowest BCUT2D eigenvalue weighted by Crippen LogP contribution is -2.37. The lowest BCUT2D eigenvalue weighted by atomic mass is 9.90. The fourth-order valence-corrected chi connectivity index (χ4v) is 6.69. The van der Waals surface area contributed by atoms with E-state index in [4.69, 9.17) is 4.84 Å². The standard InChI is InChI=1S/C27H23N3O3S/c1-16-11-13-17(14-12-16)23-22-24(33-30(23)18-7-3-2-4-8-18)26(32)29(25(22)31)27-20(15-28)19-9-5-6-10-21(19)34-27/h2-4,7-8,11-14,22-24H,5-6,9-10H2,1H3. The van der Waals surface area contributed by atoms with Crippen molar-refractivity contribution in [3.63, 3.8) is 0 Å². The van der Waals surface area contributed by atoms with E-state index in [0.717, 1.165) is 52.9 Å². The number of carbonyl (C=O) groups excluding carboxylic acids is 2. The number of thiophene rings is 1. The van der Waals surface area contributed by atoms with E-state index in [1.165, 1.54) is 16.2 Å². The van der Waals surface area contributed by atoms with Crippen LogP contribution < -0.4 is 9.96 Å². The normalized spacial score (nSPS) is 23.7. The van der Waals surface area contributed by atoms with Gasteiger partial charge in [0.25, 0.3) is 5.91 Å². The van der Waals surface area contributed by atoms with Crippen molar-refractivity contribution in [2.24, 2.45) is 5.92 Å². The number of anilines is 2. The smallest absolute Gasteiger partial charge is 0.267 e. The Bertz CT molecular complexity index is 1330. The van der Waals surface area contributed by atoms with E-state index in [-0.39, 0.29) is 11.8 Å². The van der Waals surface area contributed by atoms with Crippen LogP contribution >= 0.6 is 11.3 Å². The minimum Gasteiger partial charge on any atom is -0.273 e. The van der Waals surface area contributed by atoms with Gasteiger partial charge in [0.05, 0.1) is 17.3 Å². The highest BCUT2D eigenvalue weighted by molar-refractivity contribution is 7.17. The molecule has 7 heteroatoms. The number of imide groups is 1. The summed E-state index contributed by atoms with van der Waals surface area (Å²) in [6.45, 7) is 2.01. The number of aryl methyl sites for hydroxylation is 2. The van der Waals surface area contributed by atoms with Gasteiger partial charge in [0.15, 0.2) is 6.10 Å². The van der Waals surface area contributed by atoms with E-state index in [0.29, 0.717) is 10.6 Å². The zero-order valence-electron chi connectivity index (χ0n) is 18.7. The van der Waals surface area contributed by atoms with E-state index in [2.05, 4.69) is 6.07 Å². The van der Waals surface area contributed by atoms with Gasteiger partial charge in [0, 0.05) is 4.88 Å². The highest BCUT2D eigenvalue weighted by atomic mass is 32.1. The summed E-state index contributed by atoms with van der Waals surface area (Å²) in [4.78, 5) is 36.1. The van der Waals surface area contributed by atoms with Gasteiger partial charge in [-0.3, -0.25) is 14.4 Å². The Morgan fingerprint density at radius 3 is 2.47 bits per heavy atom. The average molecular weight is 470 g/mol. The zero-order chi connectivity index (χ0) is 23.4. The van der Waals surface area contributed by atoms with E-state index in [1.807, 2.05) is 61.5 Å². The van der Waals surface area contributed by atoms with Gasteiger partial charge < -0.3 is 0 Å². The third-order valence-electron chi connectivity index (χ3n) is 7.01. The van der Waals surface area contributed by atoms with Crippen LogP contribution in [0.2, 0.25) is 0 Å². The summed E-state index contributed by atoms with van der Waals surface area (Å²) in [5, 5.41) is 12.1. The molecule has 1 aliphatic carbocycles. The van der Waals surface area contributed by atoms with E-state index in [1.54, 1.807) is 5.06 Å². The Labute approximate surface area is 201 Å². The third kappa shape index (κ3) is 3.10. The number of carbonyl (C=O) groups is 2.